The molecule has 3 N–H and O–H groups in total. The summed E-state index contributed by atoms with van der Waals surface area (Å²) in [5, 5.41) is 8.99. The van der Waals surface area contributed by atoms with Crippen LogP contribution in [0.2, 0.25) is 0 Å². The van der Waals surface area contributed by atoms with Gasteiger partial charge in [-0.3, -0.25) is 4.79 Å². The molecule has 4 aromatic heterocycles. The van der Waals surface area contributed by atoms with E-state index < -0.39 is 0 Å². The van der Waals surface area contributed by atoms with Crippen molar-refractivity contribution in [2.24, 2.45) is 0 Å². The molecule has 0 saturated carbocycles. The van der Waals surface area contributed by atoms with Crippen LogP contribution in [0.15, 0.2) is 48.8 Å². The lowest BCUT2D eigenvalue weighted by molar-refractivity contribution is -0.114. The zero-order valence-corrected chi connectivity index (χ0v) is 23.4. The number of thiazole rings is 1. The van der Waals surface area contributed by atoms with E-state index in [-0.39, 0.29) is 5.91 Å². The maximum Gasteiger partial charge on any atom is 0.223 e. The number of nitrogens with one attached hydrogen (secondary N) is 1. The summed E-state index contributed by atoms with van der Waals surface area (Å²) in [6, 6.07) is 13.8. The van der Waals surface area contributed by atoms with Gasteiger partial charge in [-0.25, -0.2) is 29.6 Å². The summed E-state index contributed by atoms with van der Waals surface area (Å²) in [7, 11) is 2.13. The number of hydrogen-bond donors (Lipinski definition) is 2. The Hall–Kier alpha value is -4.75. The highest BCUT2D eigenvalue weighted by molar-refractivity contribution is 7.22. The molecule has 12 nitrogen and oxygen atoms in total. The van der Waals surface area contributed by atoms with Crippen molar-refractivity contribution in [1.29, 1.82) is 0 Å². The highest BCUT2D eigenvalue weighted by Crippen LogP contribution is 2.35. The van der Waals surface area contributed by atoms with Gasteiger partial charge in [0.25, 0.3) is 0 Å². The molecular weight excluding hydrogens is 538 g/mol. The number of amides is 1. The van der Waals surface area contributed by atoms with Crippen LogP contribution in [-0.2, 0) is 11.3 Å². The molecule has 41 heavy (non-hydrogen) atoms. The van der Waals surface area contributed by atoms with E-state index >= 15 is 0 Å². The summed E-state index contributed by atoms with van der Waals surface area (Å²) in [5.41, 5.74) is 11.8. The van der Waals surface area contributed by atoms with E-state index in [1.54, 1.807) is 0 Å². The number of anilines is 3. The van der Waals surface area contributed by atoms with Gasteiger partial charge in [-0.15, -0.1) is 0 Å². The van der Waals surface area contributed by atoms with Crippen molar-refractivity contribution in [2.45, 2.75) is 13.5 Å². The van der Waals surface area contributed by atoms with Gasteiger partial charge in [0.05, 0.1) is 33.2 Å². The molecule has 0 bridgehead atoms. The molecule has 7 rings (SSSR count). The summed E-state index contributed by atoms with van der Waals surface area (Å²) in [6.07, 6.45) is 1.46. The van der Waals surface area contributed by atoms with Crippen molar-refractivity contribution in [3.05, 3.63) is 54.5 Å². The molecule has 2 aromatic carbocycles. The minimum Gasteiger partial charge on any atom is -0.383 e. The molecule has 0 unspecified atom stereocenters. The molecule has 1 amide bonds. The van der Waals surface area contributed by atoms with Crippen molar-refractivity contribution in [3.8, 4) is 11.3 Å². The van der Waals surface area contributed by atoms with Gasteiger partial charge in [-0.2, -0.15) is 5.10 Å². The Morgan fingerprint density at radius 1 is 1.00 bits per heavy atom. The molecule has 1 aliphatic rings. The Kier molecular flexibility index (Phi) is 6.16. The number of nitrogen functional groups attached to an aromatic ring is 1. The second-order valence-electron chi connectivity index (χ2n) is 10.1. The number of aromatic nitrogens is 7. The average Bonchev–Trinajstić information content (AvgIpc) is 3.54. The number of nitrogens with two attached hydrogens (primary N) is 1. The van der Waals surface area contributed by atoms with Crippen LogP contribution < -0.4 is 16.0 Å². The van der Waals surface area contributed by atoms with Crippen molar-refractivity contribution in [1.82, 2.24) is 39.6 Å². The Labute approximate surface area is 238 Å². The quantitative estimate of drug-likeness (QED) is 0.319. The predicted octanol–water partition coefficient (Wildman–Crippen LogP) is 3.39. The maximum absolute atomic E-state index is 11.5. The second-order valence-corrected chi connectivity index (χ2v) is 11.2. The van der Waals surface area contributed by atoms with Gasteiger partial charge in [0.15, 0.2) is 16.6 Å². The Balaban J connectivity index is 1.34. The van der Waals surface area contributed by atoms with Crippen LogP contribution in [-0.4, -0.2) is 78.7 Å². The van der Waals surface area contributed by atoms with Crippen LogP contribution in [0.1, 0.15) is 12.6 Å². The summed E-state index contributed by atoms with van der Waals surface area (Å²) in [6.45, 7) is 5.47. The first-order valence-corrected chi connectivity index (χ1v) is 14.1. The van der Waals surface area contributed by atoms with Crippen molar-refractivity contribution < 1.29 is 4.79 Å². The first-order chi connectivity index (χ1) is 19.9. The lowest BCUT2D eigenvalue weighted by atomic mass is 10.1. The van der Waals surface area contributed by atoms with E-state index in [0.717, 1.165) is 64.5 Å². The maximum atomic E-state index is 11.5. The Morgan fingerprint density at radius 3 is 2.56 bits per heavy atom. The molecule has 1 aliphatic heterocycles. The van der Waals surface area contributed by atoms with Gasteiger partial charge in [-0.05, 0) is 31.3 Å². The molecule has 0 atom stereocenters. The molecule has 13 heteroatoms. The van der Waals surface area contributed by atoms with Gasteiger partial charge in [0, 0.05) is 38.7 Å². The molecule has 0 radical (unpaired) electrons. The van der Waals surface area contributed by atoms with Crippen LogP contribution in [0.4, 0.5) is 16.8 Å². The third-order valence-electron chi connectivity index (χ3n) is 7.23. The van der Waals surface area contributed by atoms with E-state index in [1.165, 1.54) is 24.6 Å². The first kappa shape index (κ1) is 25.2. The number of fused-ring (bicyclic) bond motifs is 3. The second kappa shape index (κ2) is 10.0. The Morgan fingerprint density at radius 2 is 1.78 bits per heavy atom. The summed E-state index contributed by atoms with van der Waals surface area (Å²) < 4.78 is 2.75. The van der Waals surface area contributed by atoms with Crippen molar-refractivity contribution >= 4 is 66.3 Å². The molecule has 0 spiro atoms. The van der Waals surface area contributed by atoms with Gasteiger partial charge in [0.1, 0.15) is 23.5 Å². The zero-order chi connectivity index (χ0) is 28.1. The van der Waals surface area contributed by atoms with E-state index in [2.05, 4.69) is 37.1 Å². The standard InChI is InChI=1S/C28H27N11OS/c1-16(40)32-28-35-20-8-7-17(13-22(20)41-28)24-23-25(29)30-15-31-27(23)39(36-24)14-21-26(38-11-9-37(2)10-12-38)34-19-6-4-3-5-18(19)33-21/h3-8,13,15H,9-12,14H2,1-2H3,(H2,29,30,31)(H,32,35,40). The van der Waals surface area contributed by atoms with Crippen LogP contribution in [0.25, 0.3) is 43.5 Å². The number of nitrogens with zero attached hydrogens (tertiary/aromatic N) is 9. The summed E-state index contributed by atoms with van der Waals surface area (Å²) in [5.74, 6) is 1.05. The molecule has 206 valence electrons. The molecule has 5 heterocycles. The topological polar surface area (TPSA) is 144 Å². The van der Waals surface area contributed by atoms with E-state index in [9.17, 15) is 4.79 Å². The van der Waals surface area contributed by atoms with E-state index in [1.807, 2.05) is 47.1 Å². The SMILES string of the molecule is CC(=O)Nc1nc2ccc(-c3nn(Cc4nc5ccccc5nc4N4CCN(C)CC4)c4ncnc(N)c34)cc2s1. The minimum atomic E-state index is -0.160. The van der Waals surface area contributed by atoms with Gasteiger partial charge >= 0.3 is 0 Å². The molecule has 1 saturated heterocycles. The predicted molar refractivity (Wildman–Crippen MR) is 161 cm³/mol. The molecule has 0 aliphatic carbocycles. The van der Waals surface area contributed by atoms with Crippen molar-refractivity contribution in [3.63, 3.8) is 0 Å². The van der Waals surface area contributed by atoms with Gasteiger partial charge < -0.3 is 20.9 Å². The molecular formula is C28H27N11OS. The number of likely N-dealkylation sites (N-methyl/N-ethyl adjacent to an activating group) is 1. The number of hydrogen-bond acceptors (Lipinski definition) is 11. The fraction of sp³-hybridized carbons (Fsp3) is 0.250. The monoisotopic (exact) mass is 565 g/mol. The van der Waals surface area contributed by atoms with E-state index in [0.29, 0.717) is 34.2 Å². The third kappa shape index (κ3) is 4.68. The molecule has 1 fully saturated rings. The van der Waals surface area contributed by atoms with E-state index in [4.69, 9.17) is 20.8 Å². The summed E-state index contributed by atoms with van der Waals surface area (Å²) in [4.78, 5) is 39.6. The van der Waals surface area contributed by atoms with Crippen LogP contribution in [0.5, 0.6) is 0 Å². The fourth-order valence-corrected chi connectivity index (χ4v) is 6.12. The molecule has 6 aromatic rings. The smallest absolute Gasteiger partial charge is 0.223 e. The lowest BCUT2D eigenvalue weighted by Crippen LogP contribution is -2.45. The minimum absolute atomic E-state index is 0.160. The number of para-hydroxylation sites is 2. The van der Waals surface area contributed by atoms with Crippen LogP contribution in [0.3, 0.4) is 0 Å². The number of carbonyl (C=O) groups excluding carboxylic acids is 1. The number of rotatable bonds is 5. The fourth-order valence-electron chi connectivity index (χ4n) is 5.17. The third-order valence-corrected chi connectivity index (χ3v) is 8.16. The number of piperazine rings is 1. The summed E-state index contributed by atoms with van der Waals surface area (Å²) >= 11 is 1.41. The van der Waals surface area contributed by atoms with Gasteiger partial charge in [-0.1, -0.05) is 29.5 Å². The van der Waals surface area contributed by atoms with Gasteiger partial charge in [0.2, 0.25) is 5.91 Å². The highest BCUT2D eigenvalue weighted by Gasteiger charge is 2.23. The number of benzene rings is 2. The zero-order valence-electron chi connectivity index (χ0n) is 22.6. The normalized spacial score (nSPS) is 14.3. The average molecular weight is 566 g/mol. The van der Waals surface area contributed by atoms with Crippen LogP contribution in [0, 0.1) is 0 Å². The van der Waals surface area contributed by atoms with Crippen molar-refractivity contribution in [2.75, 3.05) is 49.2 Å². The largest absolute Gasteiger partial charge is 0.383 e. The Bertz CT molecular complexity index is 1940. The highest BCUT2D eigenvalue weighted by atomic mass is 32.1. The van der Waals surface area contributed by atoms with Crippen LogP contribution >= 0.6 is 11.3 Å². The first-order valence-electron chi connectivity index (χ1n) is 13.3. The number of carbonyl (C=O) groups is 1. The lowest BCUT2D eigenvalue weighted by Gasteiger charge is -2.34.